The summed E-state index contributed by atoms with van der Waals surface area (Å²) in [7, 11) is -2.08. The Bertz CT molecular complexity index is 851. The highest BCUT2D eigenvalue weighted by Gasteiger charge is 2.49. The van der Waals surface area contributed by atoms with Gasteiger partial charge < -0.3 is 19.0 Å². The second kappa shape index (κ2) is 13.1. The van der Waals surface area contributed by atoms with Gasteiger partial charge in [-0.15, -0.1) is 0 Å². The van der Waals surface area contributed by atoms with Gasteiger partial charge in [-0.3, -0.25) is 4.79 Å². The summed E-state index contributed by atoms with van der Waals surface area (Å²) in [4.78, 5) is 12.2. The summed E-state index contributed by atoms with van der Waals surface area (Å²) < 4.78 is 18.7. The zero-order chi connectivity index (χ0) is 28.2. The van der Waals surface area contributed by atoms with Crippen LogP contribution in [0.1, 0.15) is 81.6 Å². The molecule has 2 aliphatic rings. The molecular weight excluding hydrogens is 480 g/mol. The van der Waals surface area contributed by atoms with E-state index < -0.39 is 14.4 Å². The summed E-state index contributed by atoms with van der Waals surface area (Å²) in [5, 5.41) is 10.1. The van der Waals surface area contributed by atoms with Crippen LogP contribution in [-0.2, 0) is 18.7 Å². The maximum Gasteiger partial charge on any atom is 0.308 e. The fourth-order valence-corrected chi connectivity index (χ4v) is 11.5. The number of rotatable bonds is 12. The molecule has 37 heavy (non-hydrogen) atoms. The number of cyclic esters (lactones) is 1. The standard InChI is InChI=1S/C31H52O5Si/c1-18(2)24(11)27(36-37(19(3)4,20(5)6)21(7)8)14-13-22(9)15-28-31(35-28)29-16-23(10)25(12)26(32)17-30(33)34-29/h13-14,19-21,24-29,31-32H,1,9-10,15-17H2,2-8,11-12H3/b14-13+/t24-,25-,26?,27+,28+,29+,31+/m0/s1. The van der Waals surface area contributed by atoms with Crippen molar-refractivity contribution in [3.8, 4) is 0 Å². The zero-order valence-corrected chi connectivity index (χ0v) is 25.8. The number of allylic oxidation sites excluding steroid dienone is 1. The number of hydrogen-bond acceptors (Lipinski definition) is 5. The Kier molecular flexibility index (Phi) is 11.2. The Hall–Kier alpha value is -1.47. The lowest BCUT2D eigenvalue weighted by Gasteiger charge is -2.45. The first-order chi connectivity index (χ1) is 17.1. The SMILES string of the molecule is C=C(/C=C/[C@@H](O[Si](C(C)C)(C(C)C)C(C)C)[C@@H](C)C(=C)C)C[C@H]1O[C@H]1[C@H]1CC(=C)[C@H](C)C(O)CC(=O)O1. The van der Waals surface area contributed by atoms with E-state index in [9.17, 15) is 9.90 Å². The number of hydrogen-bond donors (Lipinski definition) is 1. The molecule has 2 aliphatic heterocycles. The molecule has 0 bridgehead atoms. The molecule has 2 saturated heterocycles. The molecule has 0 aliphatic carbocycles. The fraction of sp³-hybridized carbons (Fsp3) is 0.710. The summed E-state index contributed by atoms with van der Waals surface area (Å²) in [6.07, 6.45) is 3.99. The number of aliphatic hydroxyl groups is 1. The van der Waals surface area contributed by atoms with Crippen LogP contribution in [0, 0.1) is 11.8 Å². The monoisotopic (exact) mass is 532 g/mol. The van der Waals surface area contributed by atoms with Gasteiger partial charge in [-0.25, -0.2) is 0 Å². The Balaban J connectivity index is 2.10. The molecule has 1 unspecified atom stereocenters. The van der Waals surface area contributed by atoms with Crippen molar-refractivity contribution in [3.05, 3.63) is 48.6 Å². The van der Waals surface area contributed by atoms with Gasteiger partial charge in [0.1, 0.15) is 12.2 Å². The molecule has 0 spiro atoms. The zero-order valence-electron chi connectivity index (χ0n) is 24.8. The number of carbonyl (C=O) groups excluding carboxylic acids is 1. The highest BCUT2D eigenvalue weighted by Crippen LogP contribution is 2.44. The van der Waals surface area contributed by atoms with E-state index >= 15 is 0 Å². The number of ether oxygens (including phenoxy) is 2. The second-order valence-corrected chi connectivity index (χ2v) is 17.8. The van der Waals surface area contributed by atoms with Crippen molar-refractivity contribution < 1.29 is 23.8 Å². The largest absolute Gasteiger partial charge is 0.459 e. The first-order valence-electron chi connectivity index (χ1n) is 14.0. The van der Waals surface area contributed by atoms with Gasteiger partial charge in [0.15, 0.2) is 0 Å². The Labute approximate surface area is 227 Å². The van der Waals surface area contributed by atoms with Crippen molar-refractivity contribution in [2.45, 2.75) is 129 Å². The summed E-state index contributed by atoms with van der Waals surface area (Å²) in [5.74, 6) is -0.336. The van der Waals surface area contributed by atoms with E-state index in [1.165, 1.54) is 0 Å². The molecule has 210 valence electrons. The molecule has 0 amide bonds. The minimum atomic E-state index is -2.08. The van der Waals surface area contributed by atoms with Crippen molar-refractivity contribution in [2.75, 3.05) is 0 Å². The third kappa shape index (κ3) is 7.78. The molecule has 0 aromatic rings. The van der Waals surface area contributed by atoms with Crippen LogP contribution in [-0.4, -0.2) is 49.9 Å². The smallest absolute Gasteiger partial charge is 0.308 e. The Morgan fingerprint density at radius 3 is 2.19 bits per heavy atom. The lowest BCUT2D eigenvalue weighted by Crippen LogP contribution is -2.51. The maximum atomic E-state index is 12.2. The number of epoxide rings is 1. The summed E-state index contributed by atoms with van der Waals surface area (Å²) in [5.41, 5.74) is 4.44. The van der Waals surface area contributed by atoms with Gasteiger partial charge in [0.05, 0.1) is 24.7 Å². The van der Waals surface area contributed by atoms with Crippen LogP contribution in [0.15, 0.2) is 48.6 Å². The fourth-order valence-electron chi connectivity index (χ4n) is 5.94. The average molecular weight is 533 g/mol. The van der Waals surface area contributed by atoms with Crippen molar-refractivity contribution in [1.82, 2.24) is 0 Å². The molecule has 2 rings (SSSR count). The summed E-state index contributed by atoms with van der Waals surface area (Å²) in [6, 6.07) is 0. The third-order valence-corrected chi connectivity index (χ3v) is 14.7. The van der Waals surface area contributed by atoms with Crippen LogP contribution >= 0.6 is 0 Å². The lowest BCUT2D eigenvalue weighted by molar-refractivity contribution is -0.154. The third-order valence-electron chi connectivity index (χ3n) is 8.63. The van der Waals surface area contributed by atoms with Gasteiger partial charge in [0.2, 0.25) is 8.32 Å². The second-order valence-electron chi connectivity index (χ2n) is 12.3. The molecule has 0 aromatic carbocycles. The van der Waals surface area contributed by atoms with Crippen LogP contribution in [0.25, 0.3) is 0 Å². The molecular formula is C31H52O5Si. The van der Waals surface area contributed by atoms with Crippen LogP contribution in [0.5, 0.6) is 0 Å². The van der Waals surface area contributed by atoms with Crippen molar-refractivity contribution in [2.24, 2.45) is 11.8 Å². The molecule has 0 saturated carbocycles. The van der Waals surface area contributed by atoms with Crippen LogP contribution in [0.4, 0.5) is 0 Å². The summed E-state index contributed by atoms with van der Waals surface area (Å²) >= 11 is 0. The van der Waals surface area contributed by atoms with Gasteiger partial charge in [-0.2, -0.15) is 0 Å². The maximum absolute atomic E-state index is 12.2. The Morgan fingerprint density at radius 2 is 1.68 bits per heavy atom. The molecule has 0 aromatic heterocycles. The van der Waals surface area contributed by atoms with E-state index in [-0.39, 0.29) is 48.6 Å². The normalized spacial score (nSPS) is 28.8. The first-order valence-corrected chi connectivity index (χ1v) is 16.2. The van der Waals surface area contributed by atoms with E-state index in [1.807, 2.05) is 6.92 Å². The molecule has 2 fully saturated rings. The van der Waals surface area contributed by atoms with Crippen molar-refractivity contribution in [1.29, 1.82) is 0 Å². The molecule has 2 heterocycles. The van der Waals surface area contributed by atoms with E-state index in [4.69, 9.17) is 13.9 Å². The topological polar surface area (TPSA) is 68.3 Å². The van der Waals surface area contributed by atoms with E-state index in [0.29, 0.717) is 29.5 Å². The minimum Gasteiger partial charge on any atom is -0.459 e. The van der Waals surface area contributed by atoms with Crippen LogP contribution in [0.3, 0.4) is 0 Å². The average Bonchev–Trinajstić information content (AvgIpc) is 3.54. The molecule has 0 radical (unpaired) electrons. The van der Waals surface area contributed by atoms with Crippen molar-refractivity contribution >= 4 is 14.3 Å². The van der Waals surface area contributed by atoms with E-state index in [1.54, 1.807) is 0 Å². The number of aliphatic hydroxyl groups excluding tert-OH is 1. The van der Waals surface area contributed by atoms with Gasteiger partial charge in [-0.1, -0.05) is 104 Å². The van der Waals surface area contributed by atoms with Crippen LogP contribution < -0.4 is 0 Å². The molecule has 6 heteroatoms. The molecule has 5 nitrogen and oxygen atoms in total. The predicted octanol–water partition coefficient (Wildman–Crippen LogP) is 7.29. The van der Waals surface area contributed by atoms with Gasteiger partial charge in [0.25, 0.3) is 0 Å². The lowest BCUT2D eigenvalue weighted by atomic mass is 9.88. The molecule has 7 atom stereocenters. The minimum absolute atomic E-state index is 0.0141. The van der Waals surface area contributed by atoms with Gasteiger partial charge in [0, 0.05) is 24.7 Å². The quantitative estimate of drug-likeness (QED) is 0.0940. The number of esters is 1. The summed E-state index contributed by atoms with van der Waals surface area (Å²) in [6.45, 7) is 32.6. The van der Waals surface area contributed by atoms with Crippen molar-refractivity contribution in [3.63, 3.8) is 0 Å². The first kappa shape index (κ1) is 31.7. The predicted molar refractivity (Wildman–Crippen MR) is 155 cm³/mol. The highest BCUT2D eigenvalue weighted by atomic mass is 28.4. The van der Waals surface area contributed by atoms with Gasteiger partial charge >= 0.3 is 5.97 Å². The van der Waals surface area contributed by atoms with E-state index in [2.05, 4.69) is 87.3 Å². The van der Waals surface area contributed by atoms with Gasteiger partial charge in [-0.05, 0) is 23.5 Å². The van der Waals surface area contributed by atoms with E-state index in [0.717, 1.165) is 16.7 Å². The number of carbonyl (C=O) groups is 1. The highest BCUT2D eigenvalue weighted by molar-refractivity contribution is 6.77. The Morgan fingerprint density at radius 1 is 1.11 bits per heavy atom. The van der Waals surface area contributed by atoms with Crippen LogP contribution in [0.2, 0.25) is 16.6 Å². The molecule has 1 N–H and O–H groups in total.